The van der Waals surface area contributed by atoms with Crippen LogP contribution >= 0.6 is 11.6 Å². The van der Waals surface area contributed by atoms with Crippen LogP contribution in [0.15, 0.2) is 48.5 Å². The van der Waals surface area contributed by atoms with E-state index in [0.717, 1.165) is 19.3 Å². The molecular formula is C22H21ClN2O3. The van der Waals surface area contributed by atoms with Crippen LogP contribution in [0.2, 0.25) is 5.02 Å². The first kappa shape index (κ1) is 18.7. The number of anilines is 2. The summed E-state index contributed by atoms with van der Waals surface area (Å²) in [5.74, 6) is -0.423. The number of carbonyl (C=O) groups is 3. The lowest BCUT2D eigenvalue weighted by atomic mass is 9.76. The second-order valence-corrected chi connectivity index (χ2v) is 8.09. The quantitative estimate of drug-likeness (QED) is 0.776. The third kappa shape index (κ3) is 3.42. The largest absolute Gasteiger partial charge is 0.322 e. The van der Waals surface area contributed by atoms with E-state index >= 15 is 0 Å². The van der Waals surface area contributed by atoms with Crippen LogP contribution in [0.4, 0.5) is 11.4 Å². The van der Waals surface area contributed by atoms with E-state index in [0.29, 0.717) is 27.9 Å². The first-order chi connectivity index (χ1) is 13.4. The molecular weight excluding hydrogens is 376 g/mol. The van der Waals surface area contributed by atoms with Gasteiger partial charge in [0.05, 0.1) is 17.5 Å². The van der Waals surface area contributed by atoms with E-state index in [1.807, 2.05) is 0 Å². The molecule has 1 aliphatic carbocycles. The van der Waals surface area contributed by atoms with Gasteiger partial charge in [-0.3, -0.25) is 19.3 Å². The van der Waals surface area contributed by atoms with Gasteiger partial charge in [-0.1, -0.05) is 18.5 Å². The van der Waals surface area contributed by atoms with Crippen LogP contribution in [0, 0.1) is 17.8 Å². The topological polar surface area (TPSA) is 66.5 Å². The van der Waals surface area contributed by atoms with Crippen LogP contribution in [-0.4, -0.2) is 17.7 Å². The Labute approximate surface area is 168 Å². The number of amides is 3. The van der Waals surface area contributed by atoms with Crippen LogP contribution < -0.4 is 10.2 Å². The van der Waals surface area contributed by atoms with Crippen molar-refractivity contribution in [3.05, 3.63) is 59.1 Å². The summed E-state index contributed by atoms with van der Waals surface area (Å²) in [6.45, 7) is 2.13. The molecule has 2 fully saturated rings. The van der Waals surface area contributed by atoms with Crippen LogP contribution in [0.25, 0.3) is 0 Å². The number of fused-ring (bicyclic) bond motifs is 1. The molecule has 3 amide bonds. The normalized spacial score (nSPS) is 24.2. The van der Waals surface area contributed by atoms with Gasteiger partial charge >= 0.3 is 0 Å². The molecule has 4 rings (SSSR count). The SMILES string of the molecule is C[C@H]1CC[C@H]2C(=O)N(c3ccc(C(=O)Nc4ccc(Cl)cc4)cc3)C(=O)[C@H]2C1. The van der Waals surface area contributed by atoms with Crippen LogP contribution in [0.1, 0.15) is 36.5 Å². The highest BCUT2D eigenvalue weighted by molar-refractivity contribution is 6.30. The summed E-state index contributed by atoms with van der Waals surface area (Å²) in [7, 11) is 0. The van der Waals surface area contributed by atoms with Crippen molar-refractivity contribution in [3.63, 3.8) is 0 Å². The number of carbonyl (C=O) groups excluding carboxylic acids is 3. The minimum atomic E-state index is -0.268. The number of halogens is 1. The molecule has 1 aliphatic heterocycles. The molecule has 144 valence electrons. The van der Waals surface area contributed by atoms with Crippen molar-refractivity contribution in [3.8, 4) is 0 Å². The number of nitrogens with one attached hydrogen (secondary N) is 1. The average Bonchev–Trinajstić information content (AvgIpc) is 2.93. The maximum Gasteiger partial charge on any atom is 0.255 e. The Morgan fingerprint density at radius 1 is 0.964 bits per heavy atom. The third-order valence-electron chi connectivity index (χ3n) is 5.68. The molecule has 2 aromatic rings. The lowest BCUT2D eigenvalue weighted by Crippen LogP contribution is -2.30. The van der Waals surface area contributed by atoms with Gasteiger partial charge in [0.2, 0.25) is 11.8 Å². The summed E-state index contributed by atoms with van der Waals surface area (Å²) >= 11 is 5.85. The fourth-order valence-corrected chi connectivity index (χ4v) is 4.27. The molecule has 2 aromatic carbocycles. The second-order valence-electron chi connectivity index (χ2n) is 7.65. The summed E-state index contributed by atoms with van der Waals surface area (Å²) in [5, 5.41) is 3.39. The van der Waals surface area contributed by atoms with Gasteiger partial charge in [-0.25, -0.2) is 0 Å². The minimum absolute atomic E-state index is 0.111. The van der Waals surface area contributed by atoms with Gasteiger partial charge in [0, 0.05) is 16.3 Å². The highest BCUT2D eigenvalue weighted by atomic mass is 35.5. The summed E-state index contributed by atoms with van der Waals surface area (Å²) in [6, 6.07) is 13.4. The molecule has 3 atom stereocenters. The van der Waals surface area contributed by atoms with Crippen molar-refractivity contribution in [1.82, 2.24) is 0 Å². The highest BCUT2D eigenvalue weighted by Gasteiger charge is 2.49. The summed E-state index contributed by atoms with van der Waals surface area (Å²) in [4.78, 5) is 39.3. The van der Waals surface area contributed by atoms with E-state index in [4.69, 9.17) is 11.6 Å². The number of hydrogen-bond acceptors (Lipinski definition) is 3. The number of benzene rings is 2. The molecule has 0 aromatic heterocycles. The van der Waals surface area contributed by atoms with E-state index in [-0.39, 0.29) is 29.6 Å². The summed E-state index contributed by atoms with van der Waals surface area (Å²) in [5.41, 5.74) is 1.62. The number of hydrogen-bond donors (Lipinski definition) is 1. The van der Waals surface area contributed by atoms with Gasteiger partial charge in [-0.05, 0) is 73.7 Å². The Morgan fingerprint density at radius 3 is 2.29 bits per heavy atom. The first-order valence-corrected chi connectivity index (χ1v) is 9.86. The standard InChI is InChI=1S/C22H21ClN2O3/c1-13-2-11-18-19(12-13)22(28)25(21(18)27)17-9-3-14(4-10-17)20(26)24-16-7-5-15(23)6-8-16/h3-10,13,18-19H,2,11-12H2,1H3,(H,24,26)/t13-,18+,19-/m0/s1. The van der Waals surface area contributed by atoms with Crippen LogP contribution in [-0.2, 0) is 9.59 Å². The maximum absolute atomic E-state index is 12.8. The molecule has 1 saturated heterocycles. The van der Waals surface area contributed by atoms with Gasteiger partial charge in [-0.15, -0.1) is 0 Å². The van der Waals surface area contributed by atoms with E-state index < -0.39 is 0 Å². The molecule has 1 N–H and O–H groups in total. The molecule has 2 aliphatic rings. The van der Waals surface area contributed by atoms with Crippen molar-refractivity contribution < 1.29 is 14.4 Å². The average molecular weight is 397 g/mol. The van der Waals surface area contributed by atoms with Crippen LogP contribution in [0.3, 0.4) is 0 Å². The van der Waals surface area contributed by atoms with Crippen LogP contribution in [0.5, 0.6) is 0 Å². The molecule has 0 unspecified atom stereocenters. The molecule has 0 spiro atoms. The zero-order valence-corrected chi connectivity index (χ0v) is 16.3. The van der Waals surface area contributed by atoms with E-state index in [1.165, 1.54) is 4.90 Å². The Hall–Kier alpha value is -2.66. The van der Waals surface area contributed by atoms with Crippen molar-refractivity contribution in [2.24, 2.45) is 17.8 Å². The lowest BCUT2D eigenvalue weighted by molar-refractivity contribution is -0.122. The molecule has 6 heteroatoms. The fourth-order valence-electron chi connectivity index (χ4n) is 4.14. The first-order valence-electron chi connectivity index (χ1n) is 9.49. The predicted octanol–water partition coefficient (Wildman–Crippen LogP) is 4.52. The summed E-state index contributed by atoms with van der Waals surface area (Å²) in [6.07, 6.45) is 2.53. The molecule has 0 bridgehead atoms. The predicted molar refractivity (Wildman–Crippen MR) is 108 cm³/mol. The highest BCUT2D eigenvalue weighted by Crippen LogP contribution is 2.42. The Morgan fingerprint density at radius 2 is 1.61 bits per heavy atom. The van der Waals surface area contributed by atoms with Gasteiger partial charge in [0.15, 0.2) is 0 Å². The van der Waals surface area contributed by atoms with E-state index in [2.05, 4.69) is 12.2 Å². The maximum atomic E-state index is 12.8. The fraction of sp³-hybridized carbons (Fsp3) is 0.318. The van der Waals surface area contributed by atoms with Gasteiger partial charge in [0.25, 0.3) is 5.91 Å². The van der Waals surface area contributed by atoms with Gasteiger partial charge in [-0.2, -0.15) is 0 Å². The third-order valence-corrected chi connectivity index (χ3v) is 5.93. The van der Waals surface area contributed by atoms with Crippen molar-refractivity contribution >= 4 is 40.7 Å². The minimum Gasteiger partial charge on any atom is -0.322 e. The monoisotopic (exact) mass is 396 g/mol. The molecule has 0 radical (unpaired) electrons. The van der Waals surface area contributed by atoms with Crippen molar-refractivity contribution in [2.45, 2.75) is 26.2 Å². The molecule has 5 nitrogen and oxygen atoms in total. The van der Waals surface area contributed by atoms with Gasteiger partial charge < -0.3 is 5.32 Å². The second kappa shape index (κ2) is 7.40. The van der Waals surface area contributed by atoms with Crippen molar-refractivity contribution in [1.29, 1.82) is 0 Å². The molecule has 1 heterocycles. The number of imide groups is 1. The molecule has 1 saturated carbocycles. The molecule has 28 heavy (non-hydrogen) atoms. The smallest absolute Gasteiger partial charge is 0.255 e. The lowest BCUT2D eigenvalue weighted by Gasteiger charge is -2.25. The van der Waals surface area contributed by atoms with Gasteiger partial charge in [0.1, 0.15) is 0 Å². The van der Waals surface area contributed by atoms with E-state index in [9.17, 15) is 14.4 Å². The Kier molecular flexibility index (Phi) is 4.94. The van der Waals surface area contributed by atoms with E-state index in [1.54, 1.807) is 48.5 Å². The number of rotatable bonds is 3. The Bertz CT molecular complexity index is 924. The zero-order valence-electron chi connectivity index (χ0n) is 15.5. The Balaban J connectivity index is 1.50. The van der Waals surface area contributed by atoms with Crippen molar-refractivity contribution in [2.75, 3.05) is 10.2 Å². The zero-order chi connectivity index (χ0) is 19.8. The summed E-state index contributed by atoms with van der Waals surface area (Å²) < 4.78 is 0. The number of nitrogens with zero attached hydrogens (tertiary/aromatic N) is 1.